The SMILES string of the molecule is CC1CCC(NC(=O)Oc2ccc([C@@H]3CCC[C@]4(C3)OOC3(O4)C4CC5CC(C4)CC3C5)cc2)CC1. The van der Waals surface area contributed by atoms with Gasteiger partial charge >= 0.3 is 6.09 Å². The smallest absolute Gasteiger partial charge is 0.410 e. The van der Waals surface area contributed by atoms with Gasteiger partial charge in [-0.05, 0) is 112 Å². The second-order valence-electron chi connectivity index (χ2n) is 13.1. The molecule has 1 heterocycles. The molecular weight excluding hydrogens is 454 g/mol. The van der Waals surface area contributed by atoms with E-state index in [2.05, 4.69) is 24.4 Å². The van der Waals surface area contributed by atoms with Crippen LogP contribution in [0.25, 0.3) is 0 Å². The number of carbonyl (C=O) groups is 1. The van der Waals surface area contributed by atoms with E-state index in [-0.39, 0.29) is 12.1 Å². The van der Waals surface area contributed by atoms with Crippen molar-refractivity contribution in [3.8, 4) is 5.75 Å². The standard InChI is InChI=1S/C30H41NO5/c1-19-4-8-26(9-5-19)31-28(32)33-27-10-6-22(7-11-27)23-3-2-12-29(18-23)34-30(36-35-29)24-14-20-13-21(16-24)17-25(30)15-20/h6-7,10-11,19-21,23-26H,2-5,8-9,12-18H2,1H3,(H,31,32)/t19?,20?,21?,23-,24?,25?,26?,29-,30?/m1/s1. The normalized spacial score (nSPS) is 45.3. The Bertz CT molecular complexity index is 942. The van der Waals surface area contributed by atoms with E-state index < -0.39 is 11.6 Å². The van der Waals surface area contributed by atoms with Crippen molar-refractivity contribution in [3.63, 3.8) is 0 Å². The Morgan fingerprint density at radius 1 is 0.917 bits per heavy atom. The molecule has 0 unspecified atom stereocenters. The number of hydrogen-bond acceptors (Lipinski definition) is 5. The van der Waals surface area contributed by atoms with E-state index in [0.29, 0.717) is 23.5 Å². The maximum absolute atomic E-state index is 12.4. The topological polar surface area (TPSA) is 66.0 Å². The van der Waals surface area contributed by atoms with Gasteiger partial charge in [-0.25, -0.2) is 4.79 Å². The summed E-state index contributed by atoms with van der Waals surface area (Å²) in [6.45, 7) is 2.28. The Kier molecular flexibility index (Phi) is 5.86. The molecule has 1 N–H and O–H groups in total. The van der Waals surface area contributed by atoms with Crippen LogP contribution in [0.4, 0.5) is 4.79 Å². The van der Waals surface area contributed by atoms with Crippen LogP contribution in [0.3, 0.4) is 0 Å². The molecule has 7 aliphatic rings. The summed E-state index contributed by atoms with van der Waals surface area (Å²) in [5.41, 5.74) is 1.25. The van der Waals surface area contributed by atoms with Gasteiger partial charge in [0.05, 0.1) is 0 Å². The number of ether oxygens (including phenoxy) is 2. The first-order valence-corrected chi connectivity index (χ1v) is 14.6. The van der Waals surface area contributed by atoms with E-state index in [4.69, 9.17) is 19.2 Å². The number of nitrogens with one attached hydrogen (secondary N) is 1. The highest BCUT2D eigenvalue weighted by molar-refractivity contribution is 5.70. The molecule has 4 bridgehead atoms. The number of hydrogen-bond donors (Lipinski definition) is 1. The number of carbonyl (C=O) groups excluding carboxylic acids is 1. The summed E-state index contributed by atoms with van der Waals surface area (Å²) in [6, 6.07) is 8.28. The molecule has 36 heavy (non-hydrogen) atoms. The molecule has 1 aliphatic heterocycles. The summed E-state index contributed by atoms with van der Waals surface area (Å²) in [6.07, 6.45) is 14.3. The molecule has 1 saturated heterocycles. The van der Waals surface area contributed by atoms with Crippen LogP contribution in [0.5, 0.6) is 5.75 Å². The van der Waals surface area contributed by atoms with Gasteiger partial charge in [-0.2, -0.15) is 9.78 Å². The summed E-state index contributed by atoms with van der Waals surface area (Å²) in [5.74, 6) is 3.31. The molecule has 0 aromatic heterocycles. The first kappa shape index (κ1) is 23.5. The van der Waals surface area contributed by atoms with Gasteiger partial charge in [0.1, 0.15) is 5.75 Å². The van der Waals surface area contributed by atoms with Crippen LogP contribution in [0.2, 0.25) is 0 Å². The molecule has 7 fully saturated rings. The lowest BCUT2D eigenvalue weighted by Gasteiger charge is -2.57. The lowest BCUT2D eigenvalue weighted by Crippen LogP contribution is -2.59. The fraction of sp³-hybridized carbons (Fsp3) is 0.767. The molecule has 8 rings (SSSR count). The number of amides is 1. The van der Waals surface area contributed by atoms with E-state index in [1.807, 2.05) is 12.1 Å². The van der Waals surface area contributed by atoms with Gasteiger partial charge in [0.2, 0.25) is 11.6 Å². The molecule has 2 atom stereocenters. The molecule has 1 aromatic rings. The minimum absolute atomic E-state index is 0.234. The quantitative estimate of drug-likeness (QED) is 0.465. The molecule has 6 aliphatic carbocycles. The van der Waals surface area contributed by atoms with Crippen molar-refractivity contribution in [1.29, 1.82) is 0 Å². The van der Waals surface area contributed by atoms with Crippen LogP contribution >= 0.6 is 0 Å². The largest absolute Gasteiger partial charge is 0.412 e. The van der Waals surface area contributed by atoms with E-state index in [1.54, 1.807) is 0 Å². The minimum Gasteiger partial charge on any atom is -0.410 e. The summed E-state index contributed by atoms with van der Waals surface area (Å²) in [5, 5.41) is 3.04. The van der Waals surface area contributed by atoms with Crippen LogP contribution in [0.1, 0.15) is 102 Å². The molecule has 6 nitrogen and oxygen atoms in total. The van der Waals surface area contributed by atoms with Crippen LogP contribution in [-0.2, 0) is 14.5 Å². The molecule has 1 amide bonds. The van der Waals surface area contributed by atoms with Crippen molar-refractivity contribution in [2.24, 2.45) is 29.6 Å². The minimum atomic E-state index is -0.620. The third-order valence-corrected chi connectivity index (χ3v) is 10.5. The fourth-order valence-corrected chi connectivity index (χ4v) is 8.78. The molecule has 0 radical (unpaired) electrons. The highest BCUT2D eigenvalue weighted by Gasteiger charge is 2.67. The van der Waals surface area contributed by atoms with Gasteiger partial charge in [-0.15, -0.1) is 0 Å². The van der Waals surface area contributed by atoms with Crippen LogP contribution in [0.15, 0.2) is 24.3 Å². The van der Waals surface area contributed by atoms with Crippen LogP contribution < -0.4 is 10.1 Å². The van der Waals surface area contributed by atoms with Crippen molar-refractivity contribution < 1.29 is 24.0 Å². The highest BCUT2D eigenvalue weighted by Crippen LogP contribution is 2.64. The maximum Gasteiger partial charge on any atom is 0.412 e. The lowest BCUT2D eigenvalue weighted by atomic mass is 9.53. The predicted octanol–water partition coefficient (Wildman–Crippen LogP) is 6.84. The van der Waals surface area contributed by atoms with Gasteiger partial charge in [0.15, 0.2) is 0 Å². The molecule has 6 saturated carbocycles. The van der Waals surface area contributed by atoms with Gasteiger partial charge in [0, 0.05) is 30.7 Å². The zero-order chi connectivity index (χ0) is 24.3. The van der Waals surface area contributed by atoms with E-state index in [1.165, 1.54) is 50.5 Å². The zero-order valence-electron chi connectivity index (χ0n) is 21.6. The Morgan fingerprint density at radius 3 is 2.31 bits per heavy atom. The fourth-order valence-electron chi connectivity index (χ4n) is 8.78. The maximum atomic E-state index is 12.4. The molecule has 6 heteroatoms. The Labute approximate surface area is 214 Å². The Morgan fingerprint density at radius 2 is 1.61 bits per heavy atom. The predicted molar refractivity (Wildman–Crippen MR) is 134 cm³/mol. The average Bonchev–Trinajstić information content (AvgIpc) is 3.23. The van der Waals surface area contributed by atoms with Crippen molar-refractivity contribution in [2.45, 2.75) is 114 Å². The van der Waals surface area contributed by atoms with Crippen molar-refractivity contribution in [2.75, 3.05) is 0 Å². The summed E-state index contributed by atoms with van der Waals surface area (Å²) in [4.78, 5) is 24.8. The third kappa shape index (κ3) is 4.17. The van der Waals surface area contributed by atoms with Crippen molar-refractivity contribution >= 4 is 6.09 Å². The number of rotatable bonds is 3. The summed E-state index contributed by atoms with van der Waals surface area (Å²) < 4.78 is 12.5. The highest BCUT2D eigenvalue weighted by atomic mass is 17.3. The molecule has 196 valence electrons. The van der Waals surface area contributed by atoms with Gasteiger partial charge < -0.3 is 14.8 Å². The zero-order valence-corrected chi connectivity index (χ0v) is 21.6. The third-order valence-electron chi connectivity index (χ3n) is 10.5. The molecular formula is C30H41NO5. The first-order valence-electron chi connectivity index (χ1n) is 14.6. The van der Waals surface area contributed by atoms with E-state index in [0.717, 1.165) is 56.3 Å². The van der Waals surface area contributed by atoms with E-state index >= 15 is 0 Å². The molecule has 1 aromatic carbocycles. The lowest BCUT2D eigenvalue weighted by molar-refractivity contribution is -0.390. The second kappa shape index (κ2) is 8.99. The summed E-state index contributed by atoms with van der Waals surface area (Å²) in [7, 11) is 0. The van der Waals surface area contributed by atoms with Crippen LogP contribution in [0, 0.1) is 29.6 Å². The Balaban J connectivity index is 0.980. The Hall–Kier alpha value is -1.63. The average molecular weight is 496 g/mol. The van der Waals surface area contributed by atoms with Crippen molar-refractivity contribution in [1.82, 2.24) is 5.32 Å². The van der Waals surface area contributed by atoms with Gasteiger partial charge in [-0.3, -0.25) is 0 Å². The van der Waals surface area contributed by atoms with Gasteiger partial charge in [0.25, 0.3) is 0 Å². The summed E-state index contributed by atoms with van der Waals surface area (Å²) >= 11 is 0. The van der Waals surface area contributed by atoms with Crippen LogP contribution in [-0.4, -0.2) is 23.7 Å². The first-order chi connectivity index (χ1) is 17.5. The second-order valence-corrected chi connectivity index (χ2v) is 13.1. The molecule has 2 spiro atoms. The van der Waals surface area contributed by atoms with Crippen molar-refractivity contribution in [3.05, 3.63) is 29.8 Å². The van der Waals surface area contributed by atoms with Gasteiger partial charge in [-0.1, -0.05) is 19.1 Å². The van der Waals surface area contributed by atoms with E-state index in [9.17, 15) is 4.79 Å². The monoisotopic (exact) mass is 495 g/mol. The number of benzene rings is 1.